The van der Waals surface area contributed by atoms with Gasteiger partial charge in [-0.3, -0.25) is 4.79 Å². The third-order valence-electron chi connectivity index (χ3n) is 4.71. The SMILES string of the molecule is CNCc1cccc(-c2ccccc2)c1.COc1ccc(C)cc1.O=CO.OC1CCNC1. The Morgan fingerprint density at radius 2 is 1.67 bits per heavy atom. The molecule has 0 aromatic heterocycles. The molecule has 4 rings (SSSR count). The largest absolute Gasteiger partial charge is 0.497 e. The van der Waals surface area contributed by atoms with E-state index in [0.717, 1.165) is 31.8 Å². The molecular formula is C27H36N2O4. The fourth-order valence-corrected chi connectivity index (χ4v) is 3.01. The van der Waals surface area contributed by atoms with E-state index in [4.69, 9.17) is 19.7 Å². The Kier molecular flexibility index (Phi) is 14.7. The monoisotopic (exact) mass is 452 g/mol. The Labute approximate surface area is 197 Å². The van der Waals surface area contributed by atoms with Gasteiger partial charge in [-0.05, 0) is 61.8 Å². The highest BCUT2D eigenvalue weighted by atomic mass is 16.5. The van der Waals surface area contributed by atoms with Crippen LogP contribution in [0.1, 0.15) is 17.5 Å². The van der Waals surface area contributed by atoms with Crippen molar-refractivity contribution in [3.63, 3.8) is 0 Å². The van der Waals surface area contributed by atoms with E-state index < -0.39 is 0 Å². The number of carbonyl (C=O) groups is 1. The van der Waals surface area contributed by atoms with Crippen molar-refractivity contribution in [2.24, 2.45) is 0 Å². The molecule has 1 unspecified atom stereocenters. The van der Waals surface area contributed by atoms with Gasteiger partial charge in [-0.1, -0.05) is 66.2 Å². The Bertz CT molecular complexity index is 880. The van der Waals surface area contributed by atoms with E-state index in [2.05, 4.69) is 66.1 Å². The van der Waals surface area contributed by atoms with Gasteiger partial charge >= 0.3 is 0 Å². The van der Waals surface area contributed by atoms with Crippen molar-refractivity contribution >= 4 is 6.47 Å². The second kappa shape index (κ2) is 17.4. The number of hydrogen-bond acceptors (Lipinski definition) is 5. The van der Waals surface area contributed by atoms with E-state index in [-0.39, 0.29) is 12.6 Å². The summed E-state index contributed by atoms with van der Waals surface area (Å²) in [6.45, 7) is 4.50. The average Bonchev–Trinajstić information content (AvgIpc) is 3.33. The van der Waals surface area contributed by atoms with Crippen molar-refractivity contribution in [2.45, 2.75) is 26.0 Å². The van der Waals surface area contributed by atoms with Crippen LogP contribution in [0.4, 0.5) is 0 Å². The number of methoxy groups -OCH3 is 1. The number of β-amino-alcohol motifs (C(OH)–C–C–N with tert-alkyl or cyclic N) is 1. The second-order valence-corrected chi connectivity index (χ2v) is 7.37. The summed E-state index contributed by atoms with van der Waals surface area (Å²) in [6, 6.07) is 27.0. The van der Waals surface area contributed by atoms with Gasteiger partial charge in [0.2, 0.25) is 0 Å². The lowest BCUT2D eigenvalue weighted by molar-refractivity contribution is -0.122. The van der Waals surface area contributed by atoms with Crippen LogP contribution in [0.15, 0.2) is 78.9 Å². The summed E-state index contributed by atoms with van der Waals surface area (Å²) in [5.41, 5.74) is 5.13. The number of nitrogens with one attached hydrogen (secondary N) is 2. The standard InChI is InChI=1S/C14H15N.C8H10O.C4H9NO.CH2O2/c1-15-11-12-6-5-9-14(10-12)13-7-3-2-4-8-13;1-7-3-5-8(9-2)6-4-7;6-4-1-2-5-3-4;2-1-3/h2-10,15H,11H2,1H3;3-6H,1-2H3;4-6H,1-3H2;1H,(H,2,3). The number of benzene rings is 3. The molecule has 4 N–H and O–H groups in total. The van der Waals surface area contributed by atoms with Gasteiger partial charge in [0.1, 0.15) is 5.75 Å². The maximum Gasteiger partial charge on any atom is 0.290 e. The summed E-state index contributed by atoms with van der Waals surface area (Å²) in [5.74, 6) is 0.917. The van der Waals surface area contributed by atoms with Crippen LogP contribution in [0.3, 0.4) is 0 Å². The molecular weight excluding hydrogens is 416 g/mol. The normalized spacial score (nSPS) is 13.8. The molecule has 1 atom stereocenters. The summed E-state index contributed by atoms with van der Waals surface area (Å²) >= 11 is 0. The first-order chi connectivity index (χ1) is 16.0. The molecule has 6 heteroatoms. The van der Waals surface area contributed by atoms with Gasteiger partial charge in [-0.25, -0.2) is 0 Å². The summed E-state index contributed by atoms with van der Waals surface area (Å²) in [5, 5.41) is 21.7. The van der Waals surface area contributed by atoms with Crippen LogP contribution in [0, 0.1) is 6.92 Å². The molecule has 3 aromatic rings. The van der Waals surface area contributed by atoms with Crippen molar-refractivity contribution in [1.29, 1.82) is 0 Å². The van der Waals surface area contributed by atoms with Crippen molar-refractivity contribution < 1.29 is 19.7 Å². The Morgan fingerprint density at radius 1 is 1.03 bits per heavy atom. The third-order valence-corrected chi connectivity index (χ3v) is 4.71. The van der Waals surface area contributed by atoms with Gasteiger partial charge < -0.3 is 25.6 Å². The second-order valence-electron chi connectivity index (χ2n) is 7.37. The zero-order chi connectivity index (χ0) is 24.3. The minimum Gasteiger partial charge on any atom is -0.497 e. The van der Waals surface area contributed by atoms with E-state index in [1.54, 1.807) is 7.11 Å². The number of hydrogen-bond donors (Lipinski definition) is 4. The molecule has 0 bridgehead atoms. The average molecular weight is 453 g/mol. The fourth-order valence-electron chi connectivity index (χ4n) is 3.01. The smallest absolute Gasteiger partial charge is 0.290 e. The van der Waals surface area contributed by atoms with E-state index in [1.807, 2.05) is 37.4 Å². The number of carboxylic acid groups (broad SMARTS) is 1. The van der Waals surface area contributed by atoms with Gasteiger partial charge in [-0.2, -0.15) is 0 Å². The summed E-state index contributed by atoms with van der Waals surface area (Å²) in [7, 11) is 3.64. The van der Waals surface area contributed by atoms with Crippen LogP contribution in [-0.4, -0.2) is 50.0 Å². The van der Waals surface area contributed by atoms with Gasteiger partial charge in [0.05, 0.1) is 13.2 Å². The first-order valence-electron chi connectivity index (χ1n) is 10.9. The summed E-state index contributed by atoms with van der Waals surface area (Å²) in [6.07, 6.45) is 0.866. The van der Waals surface area contributed by atoms with Crippen LogP contribution in [0.5, 0.6) is 5.75 Å². The molecule has 0 radical (unpaired) electrons. The summed E-state index contributed by atoms with van der Waals surface area (Å²) < 4.78 is 4.97. The molecule has 6 nitrogen and oxygen atoms in total. The Morgan fingerprint density at radius 3 is 2.15 bits per heavy atom. The molecule has 33 heavy (non-hydrogen) atoms. The zero-order valence-electron chi connectivity index (χ0n) is 19.7. The lowest BCUT2D eigenvalue weighted by Crippen LogP contribution is -2.11. The van der Waals surface area contributed by atoms with Crippen molar-refractivity contribution in [2.75, 3.05) is 27.2 Å². The number of aryl methyl sites for hydroxylation is 1. The number of aliphatic hydroxyl groups is 1. The third kappa shape index (κ3) is 12.4. The Balaban J connectivity index is 0.000000256. The van der Waals surface area contributed by atoms with Crippen LogP contribution < -0.4 is 15.4 Å². The Hall–Kier alpha value is -3.19. The molecule has 0 spiro atoms. The van der Waals surface area contributed by atoms with Gasteiger partial charge in [0.25, 0.3) is 6.47 Å². The molecule has 0 aliphatic carbocycles. The zero-order valence-corrected chi connectivity index (χ0v) is 19.7. The highest BCUT2D eigenvalue weighted by molar-refractivity contribution is 5.63. The van der Waals surface area contributed by atoms with E-state index in [1.165, 1.54) is 22.3 Å². The number of rotatable bonds is 4. The molecule has 0 amide bonds. The maximum atomic E-state index is 8.67. The molecule has 1 aliphatic heterocycles. The van der Waals surface area contributed by atoms with E-state index >= 15 is 0 Å². The highest BCUT2D eigenvalue weighted by Crippen LogP contribution is 2.19. The minimum absolute atomic E-state index is 0.0648. The van der Waals surface area contributed by atoms with E-state index in [0.29, 0.717) is 0 Å². The molecule has 0 saturated carbocycles. The van der Waals surface area contributed by atoms with Crippen LogP contribution in [0.2, 0.25) is 0 Å². The lowest BCUT2D eigenvalue weighted by atomic mass is 10.0. The molecule has 1 heterocycles. The molecule has 1 fully saturated rings. The van der Waals surface area contributed by atoms with Crippen molar-refractivity contribution in [3.05, 3.63) is 90.0 Å². The van der Waals surface area contributed by atoms with Crippen LogP contribution >= 0.6 is 0 Å². The van der Waals surface area contributed by atoms with E-state index in [9.17, 15) is 0 Å². The lowest BCUT2D eigenvalue weighted by Gasteiger charge is -2.04. The molecule has 3 aromatic carbocycles. The van der Waals surface area contributed by atoms with Crippen molar-refractivity contribution in [1.82, 2.24) is 10.6 Å². The predicted octanol–water partition coefficient (Wildman–Crippen LogP) is 4.12. The number of ether oxygens (including phenoxy) is 1. The van der Waals surface area contributed by atoms with Crippen LogP contribution in [-0.2, 0) is 11.3 Å². The number of aliphatic hydroxyl groups excluding tert-OH is 1. The quantitative estimate of drug-likeness (QED) is 0.445. The fraction of sp³-hybridized carbons (Fsp3) is 0.296. The molecule has 178 valence electrons. The van der Waals surface area contributed by atoms with Crippen LogP contribution in [0.25, 0.3) is 11.1 Å². The van der Waals surface area contributed by atoms with Gasteiger partial charge in [0.15, 0.2) is 0 Å². The predicted molar refractivity (Wildman–Crippen MR) is 135 cm³/mol. The van der Waals surface area contributed by atoms with Gasteiger partial charge in [-0.15, -0.1) is 0 Å². The molecule has 1 saturated heterocycles. The maximum absolute atomic E-state index is 8.67. The minimum atomic E-state index is -0.250. The topological polar surface area (TPSA) is 90.8 Å². The summed E-state index contributed by atoms with van der Waals surface area (Å²) in [4.78, 5) is 8.36. The van der Waals surface area contributed by atoms with Crippen molar-refractivity contribution in [3.8, 4) is 16.9 Å². The van der Waals surface area contributed by atoms with Gasteiger partial charge in [0, 0.05) is 13.1 Å². The first-order valence-corrected chi connectivity index (χ1v) is 10.9. The first kappa shape index (κ1) is 27.8. The highest BCUT2D eigenvalue weighted by Gasteiger charge is 2.08. The molecule has 1 aliphatic rings.